The lowest BCUT2D eigenvalue weighted by Crippen LogP contribution is -2.49. The molecule has 1 aliphatic rings. The van der Waals surface area contributed by atoms with E-state index in [1.807, 2.05) is 36.4 Å². The van der Waals surface area contributed by atoms with Gasteiger partial charge in [0.1, 0.15) is 5.75 Å². The Hall–Kier alpha value is -2.08. The first-order chi connectivity index (χ1) is 13.7. The molecule has 1 saturated heterocycles. The van der Waals surface area contributed by atoms with Crippen LogP contribution in [-0.2, 0) is 4.74 Å². The van der Waals surface area contributed by atoms with Gasteiger partial charge in [-0.3, -0.25) is 4.90 Å². The molecule has 0 aliphatic carbocycles. The minimum absolute atomic E-state index is 0.331. The van der Waals surface area contributed by atoms with Gasteiger partial charge in [0, 0.05) is 38.6 Å². The van der Waals surface area contributed by atoms with Crippen LogP contribution in [0.25, 0.3) is 0 Å². The molecule has 2 aromatic carbocycles. The van der Waals surface area contributed by atoms with Crippen LogP contribution in [-0.4, -0.2) is 69.2 Å². The number of piperazine rings is 1. The van der Waals surface area contributed by atoms with E-state index < -0.39 is 6.10 Å². The fraction of sp³-hybridized carbons (Fsp3) is 0.478. The summed E-state index contributed by atoms with van der Waals surface area (Å²) in [6, 6.07) is 18.5. The van der Waals surface area contributed by atoms with Gasteiger partial charge in [-0.2, -0.15) is 0 Å². The largest absolute Gasteiger partial charge is 0.495 e. The number of aliphatic hydroxyl groups excluding tert-OH is 1. The number of anilines is 1. The number of hydrogen-bond acceptors (Lipinski definition) is 5. The van der Waals surface area contributed by atoms with Gasteiger partial charge >= 0.3 is 0 Å². The highest BCUT2D eigenvalue weighted by Crippen LogP contribution is 2.28. The summed E-state index contributed by atoms with van der Waals surface area (Å²) in [4.78, 5) is 4.65. The number of para-hydroxylation sites is 2. The molecule has 2 atom stereocenters. The third-order valence-electron chi connectivity index (χ3n) is 5.31. The molecular formula is C23H32N2O3. The van der Waals surface area contributed by atoms with E-state index in [9.17, 15) is 5.11 Å². The monoisotopic (exact) mass is 384 g/mol. The second kappa shape index (κ2) is 10.5. The molecule has 152 valence electrons. The molecule has 0 bridgehead atoms. The first-order valence-corrected chi connectivity index (χ1v) is 10.1. The molecule has 2 aromatic rings. The summed E-state index contributed by atoms with van der Waals surface area (Å²) in [7, 11) is 1.71. The Morgan fingerprint density at radius 1 is 0.929 bits per heavy atom. The van der Waals surface area contributed by atoms with Gasteiger partial charge in [-0.25, -0.2) is 0 Å². The zero-order chi connectivity index (χ0) is 19.8. The summed E-state index contributed by atoms with van der Waals surface area (Å²) in [6.07, 6.45) is -0.458. The summed E-state index contributed by atoms with van der Waals surface area (Å²) >= 11 is 0. The van der Waals surface area contributed by atoms with Gasteiger partial charge in [-0.1, -0.05) is 49.4 Å². The van der Waals surface area contributed by atoms with E-state index in [4.69, 9.17) is 9.47 Å². The van der Waals surface area contributed by atoms with Crippen LogP contribution in [0.15, 0.2) is 54.6 Å². The minimum Gasteiger partial charge on any atom is -0.495 e. The standard InChI is InChI=1S/C23H32N2O3/c1-19(20-8-4-3-5-9-20)17-28-18-21(26)16-24-12-14-25(15-13-24)22-10-6-7-11-23(22)27-2/h3-11,19,21,26H,12-18H2,1-2H3/t19-,21+/m0/s1. The number of hydrogen-bond donors (Lipinski definition) is 1. The molecule has 1 N–H and O–H groups in total. The Bertz CT molecular complexity index is 702. The summed E-state index contributed by atoms with van der Waals surface area (Å²) in [5.41, 5.74) is 2.41. The highest BCUT2D eigenvalue weighted by molar-refractivity contribution is 5.58. The Kier molecular flexibility index (Phi) is 7.71. The van der Waals surface area contributed by atoms with E-state index >= 15 is 0 Å². The number of methoxy groups -OCH3 is 1. The Morgan fingerprint density at radius 2 is 1.61 bits per heavy atom. The molecule has 1 heterocycles. The minimum atomic E-state index is -0.458. The van der Waals surface area contributed by atoms with E-state index in [0.717, 1.165) is 37.6 Å². The maximum absolute atomic E-state index is 10.3. The van der Waals surface area contributed by atoms with Crippen LogP contribution < -0.4 is 9.64 Å². The van der Waals surface area contributed by atoms with Gasteiger partial charge in [-0.15, -0.1) is 0 Å². The summed E-state index contributed by atoms with van der Waals surface area (Å²) in [6.45, 7) is 7.52. The van der Waals surface area contributed by atoms with Crippen molar-refractivity contribution in [3.8, 4) is 5.75 Å². The van der Waals surface area contributed by atoms with Gasteiger partial charge in [0.05, 0.1) is 32.1 Å². The molecule has 0 amide bonds. The lowest BCUT2D eigenvalue weighted by atomic mass is 10.0. The molecule has 3 rings (SSSR count). The fourth-order valence-electron chi connectivity index (χ4n) is 3.67. The van der Waals surface area contributed by atoms with Crippen molar-refractivity contribution in [2.45, 2.75) is 18.9 Å². The Labute approximate surface area is 168 Å². The van der Waals surface area contributed by atoms with Crippen molar-refractivity contribution >= 4 is 5.69 Å². The molecule has 28 heavy (non-hydrogen) atoms. The normalized spacial score (nSPS) is 17.3. The third-order valence-corrected chi connectivity index (χ3v) is 5.31. The van der Waals surface area contributed by atoms with Gasteiger partial charge < -0.3 is 19.5 Å². The van der Waals surface area contributed by atoms with Crippen molar-refractivity contribution in [1.82, 2.24) is 4.90 Å². The number of ether oxygens (including phenoxy) is 2. The molecule has 0 saturated carbocycles. The first kappa shape index (κ1) is 20.6. The SMILES string of the molecule is COc1ccccc1N1CCN(C[C@@H](O)COC[C@H](C)c2ccccc2)CC1. The number of nitrogens with zero attached hydrogens (tertiary/aromatic N) is 2. The van der Waals surface area contributed by atoms with E-state index in [0.29, 0.717) is 25.7 Å². The van der Waals surface area contributed by atoms with Crippen LogP contribution in [0, 0.1) is 0 Å². The van der Waals surface area contributed by atoms with Crippen molar-refractivity contribution in [1.29, 1.82) is 0 Å². The van der Waals surface area contributed by atoms with E-state index in [1.165, 1.54) is 5.56 Å². The summed E-state index contributed by atoms with van der Waals surface area (Å²) in [5, 5.41) is 10.3. The number of aliphatic hydroxyl groups is 1. The maximum atomic E-state index is 10.3. The molecule has 0 radical (unpaired) electrons. The van der Waals surface area contributed by atoms with Crippen LogP contribution in [0.2, 0.25) is 0 Å². The molecule has 0 unspecified atom stereocenters. The predicted molar refractivity (Wildman–Crippen MR) is 113 cm³/mol. The lowest BCUT2D eigenvalue weighted by Gasteiger charge is -2.37. The van der Waals surface area contributed by atoms with Gasteiger partial charge in [-0.05, 0) is 17.7 Å². The quantitative estimate of drug-likeness (QED) is 0.720. The Balaban J connectivity index is 1.37. The van der Waals surface area contributed by atoms with Crippen LogP contribution in [0.4, 0.5) is 5.69 Å². The molecule has 5 nitrogen and oxygen atoms in total. The van der Waals surface area contributed by atoms with E-state index in [-0.39, 0.29) is 0 Å². The number of rotatable bonds is 9. The highest BCUT2D eigenvalue weighted by atomic mass is 16.5. The summed E-state index contributed by atoms with van der Waals surface area (Å²) < 4.78 is 11.2. The topological polar surface area (TPSA) is 45.2 Å². The van der Waals surface area contributed by atoms with Gasteiger partial charge in [0.25, 0.3) is 0 Å². The molecule has 0 aromatic heterocycles. The second-order valence-electron chi connectivity index (χ2n) is 7.46. The maximum Gasteiger partial charge on any atom is 0.142 e. The lowest BCUT2D eigenvalue weighted by molar-refractivity contribution is 0.0123. The molecular weight excluding hydrogens is 352 g/mol. The highest BCUT2D eigenvalue weighted by Gasteiger charge is 2.21. The average molecular weight is 385 g/mol. The van der Waals surface area contributed by atoms with Gasteiger partial charge in [0.2, 0.25) is 0 Å². The van der Waals surface area contributed by atoms with Crippen LogP contribution in [0.5, 0.6) is 5.75 Å². The fourth-order valence-corrected chi connectivity index (χ4v) is 3.67. The average Bonchev–Trinajstić information content (AvgIpc) is 2.75. The van der Waals surface area contributed by atoms with Crippen molar-refractivity contribution in [2.75, 3.05) is 57.9 Å². The van der Waals surface area contributed by atoms with Crippen molar-refractivity contribution in [2.24, 2.45) is 0 Å². The molecule has 5 heteroatoms. The predicted octanol–water partition coefficient (Wildman–Crippen LogP) is 3.00. The Morgan fingerprint density at radius 3 is 2.32 bits per heavy atom. The number of β-amino-alcohol motifs (C(OH)–C–C–N with tert-alkyl or cyclic N) is 1. The van der Waals surface area contributed by atoms with E-state index in [1.54, 1.807) is 7.11 Å². The van der Waals surface area contributed by atoms with E-state index in [2.05, 4.69) is 34.9 Å². The molecule has 1 aliphatic heterocycles. The van der Waals surface area contributed by atoms with Crippen molar-refractivity contribution < 1.29 is 14.6 Å². The van der Waals surface area contributed by atoms with Crippen molar-refractivity contribution in [3.05, 3.63) is 60.2 Å². The third kappa shape index (κ3) is 5.71. The van der Waals surface area contributed by atoms with Crippen LogP contribution >= 0.6 is 0 Å². The zero-order valence-corrected chi connectivity index (χ0v) is 17.0. The smallest absolute Gasteiger partial charge is 0.142 e. The summed E-state index contributed by atoms with van der Waals surface area (Å²) in [5.74, 6) is 1.25. The molecule has 1 fully saturated rings. The van der Waals surface area contributed by atoms with Gasteiger partial charge in [0.15, 0.2) is 0 Å². The van der Waals surface area contributed by atoms with Crippen molar-refractivity contribution in [3.63, 3.8) is 0 Å². The number of benzene rings is 2. The zero-order valence-electron chi connectivity index (χ0n) is 17.0. The van der Waals surface area contributed by atoms with Crippen LogP contribution in [0.1, 0.15) is 18.4 Å². The second-order valence-corrected chi connectivity index (χ2v) is 7.46. The molecule has 0 spiro atoms. The van der Waals surface area contributed by atoms with Crippen LogP contribution in [0.3, 0.4) is 0 Å². The first-order valence-electron chi connectivity index (χ1n) is 10.1.